The molecule has 0 aromatic rings. The summed E-state index contributed by atoms with van der Waals surface area (Å²) in [4.78, 5) is 10.9. The van der Waals surface area contributed by atoms with Crippen LogP contribution in [-0.2, 0) is 0 Å². The van der Waals surface area contributed by atoms with Gasteiger partial charge in [-0.15, -0.1) is 0 Å². The molecule has 4 heteroatoms. The molecular formula is C9H13N3O. The molecule has 1 saturated carbocycles. The van der Waals surface area contributed by atoms with Crippen molar-refractivity contribution in [2.75, 3.05) is 6.54 Å². The maximum atomic E-state index is 10.9. The van der Waals surface area contributed by atoms with E-state index < -0.39 is 0 Å². The van der Waals surface area contributed by atoms with Crippen molar-refractivity contribution in [2.45, 2.75) is 19.3 Å². The van der Waals surface area contributed by atoms with E-state index in [1.807, 2.05) is 12.1 Å². The van der Waals surface area contributed by atoms with E-state index in [0.717, 1.165) is 0 Å². The maximum absolute atomic E-state index is 10.9. The standard InChI is InChI=1S/C9H13N3O/c10-5-1-6-11-9(13)12-7-4-8-2-3-8/h4,7-8H,1-3,6H2,(H2,11,12,13)/b7-4+. The van der Waals surface area contributed by atoms with E-state index >= 15 is 0 Å². The molecule has 13 heavy (non-hydrogen) atoms. The van der Waals surface area contributed by atoms with Gasteiger partial charge in [0.1, 0.15) is 0 Å². The van der Waals surface area contributed by atoms with Gasteiger partial charge in [0.2, 0.25) is 0 Å². The zero-order valence-electron chi connectivity index (χ0n) is 7.42. The fraction of sp³-hybridized carbons (Fsp3) is 0.556. The summed E-state index contributed by atoms with van der Waals surface area (Å²) in [5.74, 6) is 0.666. The highest BCUT2D eigenvalue weighted by Crippen LogP contribution is 2.29. The fourth-order valence-corrected chi connectivity index (χ4v) is 0.832. The second-order valence-electron chi connectivity index (χ2n) is 3.00. The smallest absolute Gasteiger partial charge is 0.318 e. The summed E-state index contributed by atoms with van der Waals surface area (Å²) in [6, 6.07) is 1.70. The molecule has 0 aromatic carbocycles. The van der Waals surface area contributed by atoms with E-state index in [1.54, 1.807) is 6.20 Å². The van der Waals surface area contributed by atoms with E-state index in [2.05, 4.69) is 10.6 Å². The lowest BCUT2D eigenvalue weighted by Gasteiger charge is -2.00. The summed E-state index contributed by atoms with van der Waals surface area (Å²) in [6.45, 7) is 0.402. The topological polar surface area (TPSA) is 64.9 Å². The zero-order chi connectivity index (χ0) is 9.52. The lowest BCUT2D eigenvalue weighted by Crippen LogP contribution is -2.32. The Labute approximate surface area is 77.6 Å². The highest BCUT2D eigenvalue weighted by Gasteiger charge is 2.16. The van der Waals surface area contributed by atoms with Crippen molar-refractivity contribution in [3.63, 3.8) is 0 Å². The van der Waals surface area contributed by atoms with Gasteiger partial charge in [0, 0.05) is 12.7 Å². The van der Waals surface area contributed by atoms with E-state index in [9.17, 15) is 4.79 Å². The van der Waals surface area contributed by atoms with Crippen molar-refractivity contribution in [1.82, 2.24) is 10.6 Å². The normalized spacial score (nSPS) is 15.3. The Balaban J connectivity index is 2.00. The molecule has 2 amide bonds. The van der Waals surface area contributed by atoms with Crippen molar-refractivity contribution in [3.05, 3.63) is 12.3 Å². The number of allylic oxidation sites excluding steroid dienone is 1. The molecule has 1 rings (SSSR count). The van der Waals surface area contributed by atoms with Gasteiger partial charge in [-0.25, -0.2) is 4.79 Å². The lowest BCUT2D eigenvalue weighted by molar-refractivity contribution is 0.244. The predicted molar refractivity (Wildman–Crippen MR) is 48.6 cm³/mol. The van der Waals surface area contributed by atoms with Crippen LogP contribution < -0.4 is 10.6 Å². The summed E-state index contributed by atoms with van der Waals surface area (Å²) < 4.78 is 0. The van der Waals surface area contributed by atoms with Crippen molar-refractivity contribution in [1.29, 1.82) is 5.26 Å². The molecule has 1 fully saturated rings. The van der Waals surface area contributed by atoms with E-state index in [1.165, 1.54) is 12.8 Å². The summed E-state index contributed by atoms with van der Waals surface area (Å²) in [5, 5.41) is 13.3. The number of hydrogen-bond donors (Lipinski definition) is 2. The van der Waals surface area contributed by atoms with Crippen LogP contribution in [0.15, 0.2) is 12.3 Å². The van der Waals surface area contributed by atoms with Gasteiger partial charge in [0.25, 0.3) is 0 Å². The van der Waals surface area contributed by atoms with E-state index in [-0.39, 0.29) is 6.03 Å². The molecule has 0 unspecified atom stereocenters. The average Bonchev–Trinajstić information content (AvgIpc) is 2.89. The Morgan fingerprint density at radius 1 is 1.62 bits per heavy atom. The number of nitriles is 1. The van der Waals surface area contributed by atoms with Crippen LogP contribution in [0.2, 0.25) is 0 Å². The highest BCUT2D eigenvalue weighted by atomic mass is 16.2. The van der Waals surface area contributed by atoms with Crippen LogP contribution in [0.5, 0.6) is 0 Å². The first-order chi connectivity index (χ1) is 6.33. The minimum absolute atomic E-state index is 0.243. The SMILES string of the molecule is N#CCCNC(=O)N/C=C/C1CC1. The molecule has 0 bridgehead atoms. The first-order valence-corrected chi connectivity index (χ1v) is 4.41. The van der Waals surface area contributed by atoms with E-state index in [4.69, 9.17) is 5.26 Å². The van der Waals surface area contributed by atoms with Crippen molar-refractivity contribution in [3.8, 4) is 6.07 Å². The molecular weight excluding hydrogens is 166 g/mol. The Morgan fingerprint density at radius 3 is 3.00 bits per heavy atom. The monoisotopic (exact) mass is 179 g/mol. The van der Waals surface area contributed by atoms with Crippen molar-refractivity contribution in [2.24, 2.45) is 5.92 Å². The molecule has 4 nitrogen and oxygen atoms in total. The molecule has 70 valence electrons. The third kappa shape index (κ3) is 4.86. The number of nitrogens with one attached hydrogen (secondary N) is 2. The molecule has 0 saturated heterocycles. The first kappa shape index (κ1) is 9.59. The predicted octanol–water partition coefficient (Wildman–Crippen LogP) is 1.12. The summed E-state index contributed by atoms with van der Waals surface area (Å²) >= 11 is 0. The molecule has 0 aromatic heterocycles. The maximum Gasteiger partial charge on any atom is 0.318 e. The third-order valence-corrected chi connectivity index (χ3v) is 1.73. The van der Waals surface area contributed by atoms with Crippen LogP contribution in [0.25, 0.3) is 0 Å². The number of carbonyl (C=O) groups excluding carboxylic acids is 1. The minimum Gasteiger partial charge on any atom is -0.337 e. The first-order valence-electron chi connectivity index (χ1n) is 4.41. The molecule has 1 aliphatic rings. The number of carbonyl (C=O) groups is 1. The van der Waals surface area contributed by atoms with Crippen LogP contribution in [0.1, 0.15) is 19.3 Å². The Bertz CT molecular complexity index is 238. The second-order valence-corrected chi connectivity index (χ2v) is 3.00. The Hall–Kier alpha value is -1.50. The summed E-state index contributed by atoms with van der Waals surface area (Å²) in [5.41, 5.74) is 0. The van der Waals surface area contributed by atoms with Crippen LogP contribution >= 0.6 is 0 Å². The zero-order valence-corrected chi connectivity index (χ0v) is 7.42. The van der Waals surface area contributed by atoms with Crippen LogP contribution in [-0.4, -0.2) is 12.6 Å². The van der Waals surface area contributed by atoms with Crippen LogP contribution in [0.4, 0.5) is 4.79 Å². The number of hydrogen-bond acceptors (Lipinski definition) is 2. The summed E-state index contributed by atoms with van der Waals surface area (Å²) in [7, 11) is 0. The molecule has 0 radical (unpaired) electrons. The van der Waals surface area contributed by atoms with Gasteiger partial charge in [-0.2, -0.15) is 5.26 Å². The quantitative estimate of drug-likeness (QED) is 0.635. The van der Waals surface area contributed by atoms with E-state index in [0.29, 0.717) is 18.9 Å². The van der Waals surface area contributed by atoms with Crippen molar-refractivity contribution < 1.29 is 4.79 Å². The van der Waals surface area contributed by atoms with Gasteiger partial charge < -0.3 is 10.6 Å². The van der Waals surface area contributed by atoms with Crippen molar-refractivity contribution >= 4 is 6.03 Å². The van der Waals surface area contributed by atoms with Crippen LogP contribution in [0, 0.1) is 17.2 Å². The molecule has 0 atom stereocenters. The van der Waals surface area contributed by atoms with Gasteiger partial charge >= 0.3 is 6.03 Å². The largest absolute Gasteiger partial charge is 0.337 e. The fourth-order valence-electron chi connectivity index (χ4n) is 0.832. The second kappa shape index (κ2) is 5.20. The molecule has 2 N–H and O–H groups in total. The molecule has 0 spiro atoms. The highest BCUT2D eigenvalue weighted by molar-refractivity contribution is 5.74. The summed E-state index contributed by atoms with van der Waals surface area (Å²) in [6.07, 6.45) is 6.46. The molecule has 0 aliphatic heterocycles. The number of nitrogens with zero attached hydrogens (tertiary/aromatic N) is 1. The van der Waals surface area contributed by atoms with Gasteiger partial charge in [-0.3, -0.25) is 0 Å². The van der Waals surface area contributed by atoms with Crippen LogP contribution in [0.3, 0.4) is 0 Å². The van der Waals surface area contributed by atoms with Gasteiger partial charge in [-0.05, 0) is 18.8 Å². The number of rotatable bonds is 4. The van der Waals surface area contributed by atoms with Gasteiger partial charge in [-0.1, -0.05) is 6.08 Å². The minimum atomic E-state index is -0.243. The number of urea groups is 1. The third-order valence-electron chi connectivity index (χ3n) is 1.73. The number of amides is 2. The lowest BCUT2D eigenvalue weighted by atomic mass is 10.4. The average molecular weight is 179 g/mol. The molecule has 1 aliphatic carbocycles. The Morgan fingerprint density at radius 2 is 2.38 bits per heavy atom. The molecule has 0 heterocycles. The van der Waals surface area contributed by atoms with Gasteiger partial charge in [0.15, 0.2) is 0 Å². The Kier molecular flexibility index (Phi) is 3.83. The van der Waals surface area contributed by atoms with Gasteiger partial charge in [0.05, 0.1) is 12.5 Å².